The Kier molecular flexibility index (Phi) is 4.16. The number of pyridine rings is 1. The van der Waals surface area contributed by atoms with Gasteiger partial charge in [0.1, 0.15) is 10.3 Å². The van der Waals surface area contributed by atoms with Crippen LogP contribution < -0.4 is 5.32 Å². The van der Waals surface area contributed by atoms with Crippen LogP contribution in [0.5, 0.6) is 0 Å². The summed E-state index contributed by atoms with van der Waals surface area (Å²) in [6.45, 7) is 2.35. The fourth-order valence-corrected chi connectivity index (χ4v) is 2.55. The van der Waals surface area contributed by atoms with Gasteiger partial charge in [0.25, 0.3) is 5.91 Å². The van der Waals surface area contributed by atoms with Crippen LogP contribution in [-0.2, 0) is 6.54 Å². The van der Waals surface area contributed by atoms with Gasteiger partial charge in [-0.15, -0.1) is 11.3 Å². The van der Waals surface area contributed by atoms with Gasteiger partial charge in [-0.3, -0.25) is 4.79 Å². The molecule has 0 spiro atoms. The number of aryl methyl sites for hydroxylation is 1. The van der Waals surface area contributed by atoms with Crippen molar-refractivity contribution in [1.29, 1.82) is 0 Å². The monoisotopic (exact) mass is 301 g/mol. The average molecular weight is 302 g/mol. The van der Waals surface area contributed by atoms with Crippen LogP contribution >= 0.6 is 34.5 Å². The summed E-state index contributed by atoms with van der Waals surface area (Å²) in [5, 5.41) is 4.13. The van der Waals surface area contributed by atoms with Crippen molar-refractivity contribution >= 4 is 40.4 Å². The summed E-state index contributed by atoms with van der Waals surface area (Å²) in [6.07, 6.45) is 1.74. The van der Waals surface area contributed by atoms with E-state index in [2.05, 4.69) is 15.3 Å². The molecule has 0 saturated carbocycles. The van der Waals surface area contributed by atoms with Crippen molar-refractivity contribution in [2.75, 3.05) is 0 Å². The van der Waals surface area contributed by atoms with E-state index in [-0.39, 0.29) is 16.2 Å². The zero-order valence-electron chi connectivity index (χ0n) is 9.41. The first-order valence-electron chi connectivity index (χ1n) is 5.07. The smallest absolute Gasteiger partial charge is 0.251 e. The highest BCUT2D eigenvalue weighted by molar-refractivity contribution is 7.11. The van der Waals surface area contributed by atoms with Gasteiger partial charge in [-0.25, -0.2) is 9.97 Å². The molecule has 4 nitrogen and oxygen atoms in total. The van der Waals surface area contributed by atoms with E-state index in [1.54, 1.807) is 17.5 Å². The highest BCUT2D eigenvalue weighted by Crippen LogP contribution is 2.15. The van der Waals surface area contributed by atoms with E-state index < -0.39 is 0 Å². The van der Waals surface area contributed by atoms with Gasteiger partial charge in [-0.1, -0.05) is 23.2 Å². The molecule has 2 aromatic heterocycles. The third kappa shape index (κ3) is 3.41. The van der Waals surface area contributed by atoms with Crippen LogP contribution in [0.15, 0.2) is 18.3 Å². The number of rotatable bonds is 3. The van der Waals surface area contributed by atoms with E-state index in [0.29, 0.717) is 12.1 Å². The Labute approximate surface area is 118 Å². The Morgan fingerprint density at radius 2 is 2.06 bits per heavy atom. The van der Waals surface area contributed by atoms with Crippen LogP contribution in [-0.4, -0.2) is 15.9 Å². The molecule has 0 fully saturated rings. The highest BCUT2D eigenvalue weighted by atomic mass is 35.5. The Balaban J connectivity index is 2.03. The second-order valence-electron chi connectivity index (χ2n) is 3.53. The van der Waals surface area contributed by atoms with Crippen molar-refractivity contribution < 1.29 is 4.79 Å². The summed E-state index contributed by atoms with van der Waals surface area (Å²) < 4.78 is 0. The molecule has 0 aliphatic carbocycles. The van der Waals surface area contributed by atoms with Crippen LogP contribution in [0.1, 0.15) is 20.2 Å². The van der Waals surface area contributed by atoms with E-state index in [4.69, 9.17) is 23.2 Å². The molecule has 0 aliphatic rings. The number of carbonyl (C=O) groups is 1. The average Bonchev–Trinajstić information content (AvgIpc) is 2.70. The highest BCUT2D eigenvalue weighted by Gasteiger charge is 2.09. The minimum Gasteiger partial charge on any atom is -0.347 e. The largest absolute Gasteiger partial charge is 0.347 e. The minimum absolute atomic E-state index is 0.196. The first-order valence-corrected chi connectivity index (χ1v) is 6.64. The van der Waals surface area contributed by atoms with Crippen LogP contribution in [0.3, 0.4) is 0 Å². The molecule has 0 saturated heterocycles. The van der Waals surface area contributed by atoms with Gasteiger partial charge in [0.05, 0.1) is 11.6 Å². The van der Waals surface area contributed by atoms with Gasteiger partial charge < -0.3 is 5.32 Å². The number of hydrogen-bond acceptors (Lipinski definition) is 4. The lowest BCUT2D eigenvalue weighted by Crippen LogP contribution is -2.22. The molecule has 0 aliphatic heterocycles. The molecule has 0 bridgehead atoms. The molecule has 1 amide bonds. The molecular formula is C11H9Cl2N3OS. The van der Waals surface area contributed by atoms with E-state index in [9.17, 15) is 4.79 Å². The molecule has 7 heteroatoms. The van der Waals surface area contributed by atoms with Gasteiger partial charge in [-0.2, -0.15) is 0 Å². The van der Waals surface area contributed by atoms with Crippen molar-refractivity contribution in [2.24, 2.45) is 0 Å². The maximum atomic E-state index is 11.9. The molecule has 0 radical (unpaired) electrons. The number of nitrogens with one attached hydrogen (secondary N) is 1. The van der Waals surface area contributed by atoms with Gasteiger partial charge in [0.2, 0.25) is 0 Å². The van der Waals surface area contributed by atoms with Gasteiger partial charge in [0.15, 0.2) is 0 Å². The predicted molar refractivity (Wildman–Crippen MR) is 72.3 cm³/mol. The number of amides is 1. The molecule has 0 atom stereocenters. The van der Waals surface area contributed by atoms with E-state index in [1.165, 1.54) is 12.1 Å². The molecule has 0 aromatic carbocycles. The zero-order valence-corrected chi connectivity index (χ0v) is 11.7. The fraction of sp³-hybridized carbons (Fsp3) is 0.182. The first-order chi connectivity index (χ1) is 8.54. The third-order valence-corrected chi connectivity index (χ3v) is 3.42. The second kappa shape index (κ2) is 5.65. The SMILES string of the molecule is Cc1ncc(CNC(=O)c2cc(Cl)nc(Cl)c2)s1. The minimum atomic E-state index is -0.243. The quantitative estimate of drug-likeness (QED) is 0.886. The summed E-state index contributed by atoms with van der Waals surface area (Å²) in [7, 11) is 0. The maximum Gasteiger partial charge on any atom is 0.251 e. The molecule has 2 heterocycles. The van der Waals surface area contributed by atoms with Crippen molar-refractivity contribution in [2.45, 2.75) is 13.5 Å². The van der Waals surface area contributed by atoms with Crippen LogP contribution in [0.4, 0.5) is 0 Å². The van der Waals surface area contributed by atoms with E-state index >= 15 is 0 Å². The lowest BCUT2D eigenvalue weighted by Gasteiger charge is -2.04. The van der Waals surface area contributed by atoms with E-state index in [0.717, 1.165) is 9.88 Å². The lowest BCUT2D eigenvalue weighted by atomic mass is 10.2. The molecule has 18 heavy (non-hydrogen) atoms. The summed E-state index contributed by atoms with van der Waals surface area (Å²) >= 11 is 13.0. The van der Waals surface area contributed by atoms with Crippen molar-refractivity contribution in [3.8, 4) is 0 Å². The van der Waals surface area contributed by atoms with Crippen molar-refractivity contribution in [3.63, 3.8) is 0 Å². The predicted octanol–water partition coefficient (Wildman–Crippen LogP) is 3.08. The summed E-state index contributed by atoms with van der Waals surface area (Å²) in [6, 6.07) is 2.95. The van der Waals surface area contributed by atoms with Gasteiger partial charge in [0, 0.05) is 16.6 Å². The van der Waals surface area contributed by atoms with Crippen molar-refractivity contribution in [3.05, 3.63) is 44.1 Å². The lowest BCUT2D eigenvalue weighted by molar-refractivity contribution is 0.0951. The number of nitrogens with zero attached hydrogens (tertiary/aromatic N) is 2. The summed E-state index contributed by atoms with van der Waals surface area (Å²) in [5.41, 5.74) is 0.390. The molecule has 2 aromatic rings. The number of halogens is 2. The first kappa shape index (κ1) is 13.3. The molecule has 0 unspecified atom stereocenters. The summed E-state index contributed by atoms with van der Waals surface area (Å²) in [4.78, 5) is 20.7. The van der Waals surface area contributed by atoms with Gasteiger partial charge >= 0.3 is 0 Å². The molecular weight excluding hydrogens is 293 g/mol. The Hall–Kier alpha value is -1.17. The Morgan fingerprint density at radius 1 is 1.39 bits per heavy atom. The summed E-state index contributed by atoms with van der Waals surface area (Å²) in [5.74, 6) is -0.243. The molecule has 2 rings (SSSR count). The zero-order chi connectivity index (χ0) is 13.1. The number of thiazole rings is 1. The topological polar surface area (TPSA) is 54.9 Å². The standard InChI is InChI=1S/C11H9Cl2N3OS/c1-6-14-4-8(18-6)5-15-11(17)7-2-9(12)16-10(13)3-7/h2-4H,5H2,1H3,(H,15,17). The maximum absolute atomic E-state index is 11.9. The molecule has 94 valence electrons. The second-order valence-corrected chi connectivity index (χ2v) is 5.62. The van der Waals surface area contributed by atoms with Crippen LogP contribution in [0.2, 0.25) is 10.3 Å². The fourth-order valence-electron chi connectivity index (χ4n) is 1.35. The van der Waals surface area contributed by atoms with E-state index in [1.807, 2.05) is 6.92 Å². The van der Waals surface area contributed by atoms with Gasteiger partial charge in [-0.05, 0) is 19.1 Å². The number of aromatic nitrogens is 2. The Morgan fingerprint density at radius 3 is 2.61 bits per heavy atom. The number of hydrogen-bond donors (Lipinski definition) is 1. The third-order valence-electron chi connectivity index (χ3n) is 2.12. The number of carbonyl (C=O) groups excluding carboxylic acids is 1. The molecule has 1 N–H and O–H groups in total. The van der Waals surface area contributed by atoms with Crippen LogP contribution in [0, 0.1) is 6.92 Å². The van der Waals surface area contributed by atoms with Crippen molar-refractivity contribution in [1.82, 2.24) is 15.3 Å². The van der Waals surface area contributed by atoms with Crippen LogP contribution in [0.25, 0.3) is 0 Å². The normalized spacial score (nSPS) is 10.4. The Bertz CT molecular complexity index is 565.